The Morgan fingerprint density at radius 1 is 0.929 bits per heavy atom. The van der Waals surface area contributed by atoms with Gasteiger partial charge in [-0.05, 0) is 18.2 Å². The van der Waals surface area contributed by atoms with Gasteiger partial charge in [0.1, 0.15) is 0 Å². The van der Waals surface area contributed by atoms with Crippen LogP contribution in [0.3, 0.4) is 0 Å². The summed E-state index contributed by atoms with van der Waals surface area (Å²) in [5.41, 5.74) is -0.765. The Kier molecular flexibility index (Phi) is 6.31. The largest absolute Gasteiger partial charge is 0.416 e. The van der Waals surface area contributed by atoms with E-state index in [-0.39, 0.29) is 23.0 Å². The normalized spacial score (nSPS) is 21.6. The second kappa shape index (κ2) is 8.38. The van der Waals surface area contributed by atoms with Crippen molar-refractivity contribution in [1.29, 1.82) is 0 Å². The molecule has 1 amide bonds. The Morgan fingerprint density at radius 2 is 1.50 bits per heavy atom. The van der Waals surface area contributed by atoms with Gasteiger partial charge >= 0.3 is 6.18 Å². The highest BCUT2D eigenvalue weighted by atomic mass is 32.2. The molecule has 0 unspecified atom stereocenters. The Bertz CT molecular complexity index is 792. The minimum absolute atomic E-state index is 0.0535. The van der Waals surface area contributed by atoms with E-state index in [1.54, 1.807) is 4.90 Å². The number of sulfone groups is 1. The molecule has 0 aromatic heterocycles. The average Bonchev–Trinajstić information content (AvgIpc) is 2.66. The van der Waals surface area contributed by atoms with Crippen molar-refractivity contribution in [2.24, 2.45) is 0 Å². The van der Waals surface area contributed by atoms with Gasteiger partial charge in [-0.1, -0.05) is 6.07 Å². The highest BCUT2D eigenvalue weighted by Crippen LogP contribution is 2.29. The predicted molar refractivity (Wildman–Crippen MR) is 98.9 cm³/mol. The Morgan fingerprint density at radius 3 is 2.07 bits per heavy atom. The standard InChI is InChI=1S/C18H24F3N3O3S/c19-18(20,21)16-3-1-2-15(14-16)17(25)24-8-6-22(7-9-24)4-5-23-10-12-28(26,27)13-11-23/h1-3,14H,4-13H2. The van der Waals surface area contributed by atoms with Gasteiger partial charge in [-0.25, -0.2) is 8.42 Å². The molecular weight excluding hydrogens is 395 g/mol. The number of benzene rings is 1. The van der Waals surface area contributed by atoms with Gasteiger partial charge in [0.05, 0.1) is 17.1 Å². The molecule has 2 fully saturated rings. The summed E-state index contributed by atoms with van der Waals surface area (Å²) in [7, 11) is -2.88. The van der Waals surface area contributed by atoms with Gasteiger partial charge in [-0.15, -0.1) is 0 Å². The van der Waals surface area contributed by atoms with Gasteiger partial charge < -0.3 is 9.80 Å². The minimum Gasteiger partial charge on any atom is -0.336 e. The first-order valence-corrected chi connectivity index (χ1v) is 11.1. The average molecular weight is 419 g/mol. The van der Waals surface area contributed by atoms with Gasteiger partial charge in [-0.3, -0.25) is 9.69 Å². The molecule has 28 heavy (non-hydrogen) atoms. The number of alkyl halides is 3. The van der Waals surface area contributed by atoms with E-state index in [0.29, 0.717) is 39.3 Å². The van der Waals surface area contributed by atoms with Crippen molar-refractivity contribution < 1.29 is 26.4 Å². The first kappa shape index (κ1) is 21.1. The smallest absolute Gasteiger partial charge is 0.336 e. The van der Waals surface area contributed by atoms with Crippen LogP contribution in [0.1, 0.15) is 15.9 Å². The fourth-order valence-electron chi connectivity index (χ4n) is 3.44. The number of carbonyl (C=O) groups excluding carboxylic acids is 1. The van der Waals surface area contributed by atoms with E-state index in [4.69, 9.17) is 0 Å². The van der Waals surface area contributed by atoms with Crippen molar-refractivity contribution in [3.8, 4) is 0 Å². The number of halogens is 3. The van der Waals surface area contributed by atoms with Crippen LogP contribution >= 0.6 is 0 Å². The highest BCUT2D eigenvalue weighted by molar-refractivity contribution is 7.91. The quantitative estimate of drug-likeness (QED) is 0.734. The van der Waals surface area contributed by atoms with Crippen LogP contribution in [0.15, 0.2) is 24.3 Å². The summed E-state index contributed by atoms with van der Waals surface area (Å²) in [5, 5.41) is 0. The fourth-order valence-corrected chi connectivity index (χ4v) is 4.72. The monoisotopic (exact) mass is 419 g/mol. The molecule has 1 aromatic rings. The molecular formula is C18H24F3N3O3S. The molecule has 3 rings (SSSR count). The van der Waals surface area contributed by atoms with Crippen LogP contribution in [-0.2, 0) is 16.0 Å². The van der Waals surface area contributed by atoms with Crippen LogP contribution in [-0.4, -0.2) is 92.9 Å². The van der Waals surface area contributed by atoms with Gasteiger partial charge in [-0.2, -0.15) is 13.2 Å². The van der Waals surface area contributed by atoms with Crippen LogP contribution < -0.4 is 0 Å². The summed E-state index contributed by atoms with van der Waals surface area (Å²) >= 11 is 0. The number of hydrogen-bond donors (Lipinski definition) is 0. The Labute approximate surface area is 162 Å². The van der Waals surface area contributed by atoms with Crippen LogP contribution in [0.4, 0.5) is 13.2 Å². The van der Waals surface area contributed by atoms with Crippen LogP contribution in [0.5, 0.6) is 0 Å². The van der Waals surface area contributed by atoms with Crippen molar-refractivity contribution in [2.45, 2.75) is 6.18 Å². The molecule has 2 aliphatic rings. The van der Waals surface area contributed by atoms with E-state index in [9.17, 15) is 26.4 Å². The third-order valence-corrected chi connectivity index (χ3v) is 6.88. The molecule has 0 N–H and O–H groups in total. The van der Waals surface area contributed by atoms with E-state index < -0.39 is 21.6 Å². The Balaban J connectivity index is 1.47. The lowest BCUT2D eigenvalue weighted by atomic mass is 10.1. The molecule has 0 radical (unpaired) electrons. The topological polar surface area (TPSA) is 60.9 Å². The maximum atomic E-state index is 12.8. The van der Waals surface area contributed by atoms with Crippen molar-refractivity contribution in [3.05, 3.63) is 35.4 Å². The number of piperazine rings is 1. The van der Waals surface area contributed by atoms with Gasteiger partial charge in [0.15, 0.2) is 9.84 Å². The van der Waals surface area contributed by atoms with Gasteiger partial charge in [0.2, 0.25) is 0 Å². The molecule has 2 heterocycles. The zero-order valence-corrected chi connectivity index (χ0v) is 16.3. The number of rotatable bonds is 4. The first-order valence-electron chi connectivity index (χ1n) is 9.26. The lowest BCUT2D eigenvalue weighted by Gasteiger charge is -2.36. The Hall–Kier alpha value is -1.65. The van der Waals surface area contributed by atoms with E-state index in [1.165, 1.54) is 12.1 Å². The molecule has 0 atom stereocenters. The number of nitrogens with zero attached hydrogens (tertiary/aromatic N) is 3. The first-order chi connectivity index (χ1) is 13.1. The van der Waals surface area contributed by atoms with Crippen LogP contribution in [0.2, 0.25) is 0 Å². The summed E-state index contributed by atoms with van der Waals surface area (Å²) in [6.07, 6.45) is -4.47. The van der Waals surface area contributed by atoms with E-state index in [0.717, 1.165) is 25.2 Å². The third-order valence-electron chi connectivity index (χ3n) is 5.27. The SMILES string of the molecule is O=C(c1cccc(C(F)(F)F)c1)N1CCN(CCN2CCS(=O)(=O)CC2)CC1. The van der Waals surface area contributed by atoms with Crippen molar-refractivity contribution in [1.82, 2.24) is 14.7 Å². The van der Waals surface area contributed by atoms with Crippen molar-refractivity contribution in [3.63, 3.8) is 0 Å². The summed E-state index contributed by atoms with van der Waals surface area (Å²) in [6.45, 7) is 4.88. The minimum atomic E-state index is -4.47. The highest BCUT2D eigenvalue weighted by Gasteiger charge is 2.32. The molecule has 10 heteroatoms. The summed E-state index contributed by atoms with van der Waals surface area (Å²) in [4.78, 5) is 18.4. The predicted octanol–water partition coefficient (Wildman–Crippen LogP) is 1.19. The third kappa shape index (κ3) is 5.45. The molecule has 156 valence electrons. The lowest BCUT2D eigenvalue weighted by Crippen LogP contribution is -2.51. The molecule has 0 bridgehead atoms. The van der Waals surface area contributed by atoms with Crippen LogP contribution in [0.25, 0.3) is 0 Å². The molecule has 0 aliphatic carbocycles. The zero-order valence-electron chi connectivity index (χ0n) is 15.5. The molecule has 2 aliphatic heterocycles. The van der Waals surface area contributed by atoms with E-state index in [1.807, 2.05) is 0 Å². The number of carbonyl (C=O) groups is 1. The summed E-state index contributed by atoms with van der Waals surface area (Å²) < 4.78 is 61.4. The number of hydrogen-bond acceptors (Lipinski definition) is 5. The van der Waals surface area contributed by atoms with Crippen molar-refractivity contribution in [2.75, 3.05) is 63.9 Å². The molecule has 0 spiro atoms. The van der Waals surface area contributed by atoms with Gasteiger partial charge in [0, 0.05) is 57.9 Å². The molecule has 1 aromatic carbocycles. The molecule has 2 saturated heterocycles. The van der Waals surface area contributed by atoms with Crippen molar-refractivity contribution >= 4 is 15.7 Å². The van der Waals surface area contributed by atoms with Crippen LogP contribution in [0, 0.1) is 0 Å². The van der Waals surface area contributed by atoms with E-state index >= 15 is 0 Å². The summed E-state index contributed by atoms with van der Waals surface area (Å²) in [5.74, 6) is 0.0189. The number of amides is 1. The fraction of sp³-hybridized carbons (Fsp3) is 0.611. The maximum absolute atomic E-state index is 12.8. The maximum Gasteiger partial charge on any atom is 0.416 e. The van der Waals surface area contributed by atoms with Gasteiger partial charge in [0.25, 0.3) is 5.91 Å². The zero-order chi connectivity index (χ0) is 20.4. The summed E-state index contributed by atoms with van der Waals surface area (Å²) in [6, 6.07) is 4.53. The molecule has 6 nitrogen and oxygen atoms in total. The van der Waals surface area contributed by atoms with E-state index in [2.05, 4.69) is 9.80 Å². The molecule has 0 saturated carbocycles. The second-order valence-corrected chi connectivity index (χ2v) is 9.51. The lowest BCUT2D eigenvalue weighted by molar-refractivity contribution is -0.137. The second-order valence-electron chi connectivity index (χ2n) is 7.21.